The van der Waals surface area contributed by atoms with Crippen LogP contribution in [-0.4, -0.2) is 64.8 Å². The summed E-state index contributed by atoms with van der Waals surface area (Å²) in [4.78, 5) is 40.9. The van der Waals surface area contributed by atoms with E-state index in [-0.39, 0.29) is 24.3 Å². The van der Waals surface area contributed by atoms with Crippen LogP contribution < -0.4 is 10.6 Å². The van der Waals surface area contributed by atoms with Gasteiger partial charge in [0.15, 0.2) is 10.3 Å². The summed E-state index contributed by atoms with van der Waals surface area (Å²) >= 11 is 3.07. The molecule has 2 aliphatic rings. The summed E-state index contributed by atoms with van der Waals surface area (Å²) in [5, 5.41) is 7.24. The monoisotopic (exact) mass is 448 g/mol. The number of likely N-dealkylation sites (N-methyl/N-ethyl adjacent to an activating group) is 1. The van der Waals surface area contributed by atoms with Crippen molar-refractivity contribution in [2.24, 2.45) is 5.92 Å². The Hall–Kier alpha value is -1.88. The van der Waals surface area contributed by atoms with Gasteiger partial charge in [0.25, 0.3) is 0 Å². The van der Waals surface area contributed by atoms with Crippen molar-refractivity contribution in [3.63, 3.8) is 0 Å². The van der Waals surface area contributed by atoms with Crippen LogP contribution in [0, 0.1) is 19.8 Å². The van der Waals surface area contributed by atoms with E-state index in [0.717, 1.165) is 55.2 Å². The van der Waals surface area contributed by atoms with Gasteiger partial charge in [-0.3, -0.25) is 14.5 Å². The number of fused-ring (bicyclic) bond motifs is 1. The highest BCUT2D eigenvalue weighted by atomic mass is 32.1. The molecular weight excluding hydrogens is 420 g/mol. The molecule has 0 saturated carbocycles. The van der Waals surface area contributed by atoms with E-state index >= 15 is 0 Å². The first kappa shape index (κ1) is 21.4. The highest BCUT2D eigenvalue weighted by Crippen LogP contribution is 2.29. The molecule has 0 radical (unpaired) electrons. The zero-order valence-electron chi connectivity index (χ0n) is 17.7. The number of likely N-dealkylation sites (tertiary alicyclic amines) is 1. The molecule has 162 valence electrons. The highest BCUT2D eigenvalue weighted by molar-refractivity contribution is 7.16. The number of nitrogens with zero attached hydrogens (tertiary/aromatic N) is 4. The lowest BCUT2D eigenvalue weighted by Gasteiger charge is -2.31. The predicted molar refractivity (Wildman–Crippen MR) is 120 cm³/mol. The van der Waals surface area contributed by atoms with E-state index in [2.05, 4.69) is 37.4 Å². The molecule has 0 spiro atoms. The lowest BCUT2D eigenvalue weighted by molar-refractivity contribution is -0.123. The van der Waals surface area contributed by atoms with Gasteiger partial charge in [-0.15, -0.1) is 22.7 Å². The maximum Gasteiger partial charge on any atom is 0.240 e. The Morgan fingerprint density at radius 3 is 2.70 bits per heavy atom. The Balaban J connectivity index is 1.30. The van der Waals surface area contributed by atoms with Crippen LogP contribution in [0.1, 0.15) is 34.0 Å². The van der Waals surface area contributed by atoms with Crippen molar-refractivity contribution in [2.45, 2.75) is 39.7 Å². The number of hydrogen-bond acceptors (Lipinski definition) is 8. The van der Waals surface area contributed by atoms with Crippen LogP contribution in [0.3, 0.4) is 0 Å². The van der Waals surface area contributed by atoms with Crippen LogP contribution in [0.4, 0.5) is 10.3 Å². The molecule has 2 aliphatic heterocycles. The number of nitrogens with one attached hydrogen (secondary N) is 2. The molecule has 2 amide bonds. The number of hydrogen-bond donors (Lipinski definition) is 2. The summed E-state index contributed by atoms with van der Waals surface area (Å²) in [7, 11) is 2.10. The minimum atomic E-state index is -0.125. The van der Waals surface area contributed by atoms with Gasteiger partial charge >= 0.3 is 0 Å². The molecule has 30 heavy (non-hydrogen) atoms. The first-order chi connectivity index (χ1) is 14.4. The fraction of sp³-hybridized carbons (Fsp3) is 0.600. The summed E-state index contributed by atoms with van der Waals surface area (Å²) < 4.78 is 0. The van der Waals surface area contributed by atoms with Gasteiger partial charge < -0.3 is 15.5 Å². The molecule has 4 heterocycles. The number of amides is 2. The van der Waals surface area contributed by atoms with Crippen molar-refractivity contribution in [1.82, 2.24) is 19.8 Å². The largest absolute Gasteiger partial charge is 0.302 e. The van der Waals surface area contributed by atoms with Crippen LogP contribution >= 0.6 is 22.7 Å². The molecular formula is C20H28N6O2S2. The summed E-state index contributed by atoms with van der Waals surface area (Å²) in [5.74, 6) is -0.202. The van der Waals surface area contributed by atoms with E-state index in [1.54, 1.807) is 11.3 Å². The summed E-state index contributed by atoms with van der Waals surface area (Å²) in [6.45, 7) is 7.52. The summed E-state index contributed by atoms with van der Waals surface area (Å²) in [6, 6.07) is 0. The van der Waals surface area contributed by atoms with Gasteiger partial charge in [-0.2, -0.15) is 0 Å². The number of rotatable bonds is 5. The van der Waals surface area contributed by atoms with Gasteiger partial charge in [0, 0.05) is 35.8 Å². The third kappa shape index (κ3) is 5.05. The summed E-state index contributed by atoms with van der Waals surface area (Å²) in [6.07, 6.45) is 2.67. The number of piperidine rings is 1. The first-order valence-electron chi connectivity index (χ1n) is 10.3. The zero-order chi connectivity index (χ0) is 21.3. The predicted octanol–water partition coefficient (Wildman–Crippen LogP) is 2.49. The van der Waals surface area contributed by atoms with Gasteiger partial charge in [0.1, 0.15) is 0 Å². The third-order valence-electron chi connectivity index (χ3n) is 5.67. The van der Waals surface area contributed by atoms with Crippen molar-refractivity contribution in [1.29, 1.82) is 0 Å². The maximum absolute atomic E-state index is 12.8. The van der Waals surface area contributed by atoms with E-state index in [0.29, 0.717) is 16.8 Å². The normalized spacial score (nSPS) is 20.0. The molecule has 0 aliphatic carbocycles. The second-order valence-electron chi connectivity index (χ2n) is 8.15. The number of carbonyl (C=O) groups excluding carboxylic acids is 2. The quantitative estimate of drug-likeness (QED) is 0.730. The number of anilines is 2. The minimum Gasteiger partial charge on any atom is -0.302 e. The van der Waals surface area contributed by atoms with Gasteiger partial charge in [-0.25, -0.2) is 9.97 Å². The van der Waals surface area contributed by atoms with Crippen molar-refractivity contribution < 1.29 is 9.59 Å². The molecule has 8 nitrogen and oxygen atoms in total. The molecule has 2 aromatic heterocycles. The van der Waals surface area contributed by atoms with E-state index < -0.39 is 0 Å². The molecule has 1 atom stereocenters. The van der Waals surface area contributed by atoms with Crippen molar-refractivity contribution >= 4 is 44.8 Å². The van der Waals surface area contributed by atoms with E-state index in [9.17, 15) is 9.59 Å². The lowest BCUT2D eigenvalue weighted by atomic mass is 9.97. The van der Waals surface area contributed by atoms with Crippen molar-refractivity contribution in [3.05, 3.63) is 21.1 Å². The maximum atomic E-state index is 12.8. The molecule has 1 saturated heterocycles. The molecule has 0 aromatic carbocycles. The fourth-order valence-electron chi connectivity index (χ4n) is 3.89. The minimum absolute atomic E-state index is 0.00531. The Kier molecular flexibility index (Phi) is 6.47. The van der Waals surface area contributed by atoms with Gasteiger partial charge in [0.05, 0.1) is 23.9 Å². The topological polar surface area (TPSA) is 90.5 Å². The van der Waals surface area contributed by atoms with Gasteiger partial charge in [-0.05, 0) is 40.3 Å². The summed E-state index contributed by atoms with van der Waals surface area (Å²) in [5.41, 5.74) is 2.06. The Bertz CT molecular complexity index is 920. The lowest BCUT2D eigenvalue weighted by Crippen LogP contribution is -2.43. The number of thiazole rings is 2. The third-order valence-corrected chi connectivity index (χ3v) is 7.66. The molecule has 0 bridgehead atoms. The van der Waals surface area contributed by atoms with Crippen LogP contribution in [0.15, 0.2) is 0 Å². The van der Waals surface area contributed by atoms with E-state index in [4.69, 9.17) is 0 Å². The van der Waals surface area contributed by atoms with E-state index in [1.807, 2.05) is 13.8 Å². The number of carbonyl (C=O) groups is 2. The van der Waals surface area contributed by atoms with Crippen molar-refractivity contribution in [2.75, 3.05) is 43.9 Å². The van der Waals surface area contributed by atoms with Crippen LogP contribution in [0.5, 0.6) is 0 Å². The average molecular weight is 449 g/mol. The smallest absolute Gasteiger partial charge is 0.240 e. The second kappa shape index (κ2) is 9.09. The zero-order valence-corrected chi connectivity index (χ0v) is 19.3. The average Bonchev–Trinajstić information content (AvgIpc) is 3.23. The molecule has 2 N–H and O–H groups in total. The first-order valence-corrected chi connectivity index (χ1v) is 11.9. The van der Waals surface area contributed by atoms with Crippen LogP contribution in [0.2, 0.25) is 0 Å². The Labute approximate surface area is 184 Å². The number of aromatic nitrogens is 2. The van der Waals surface area contributed by atoms with Crippen LogP contribution in [0.25, 0.3) is 0 Å². The van der Waals surface area contributed by atoms with Crippen molar-refractivity contribution in [3.8, 4) is 0 Å². The van der Waals surface area contributed by atoms with Gasteiger partial charge in [-0.1, -0.05) is 0 Å². The Morgan fingerprint density at radius 2 is 1.93 bits per heavy atom. The molecule has 10 heteroatoms. The second-order valence-corrected chi connectivity index (χ2v) is 10.4. The van der Waals surface area contributed by atoms with Gasteiger partial charge in [0.2, 0.25) is 11.8 Å². The Morgan fingerprint density at radius 1 is 1.13 bits per heavy atom. The number of aryl methyl sites for hydroxylation is 2. The highest BCUT2D eigenvalue weighted by Gasteiger charge is 2.28. The molecule has 1 unspecified atom stereocenters. The molecule has 4 rings (SSSR count). The standard InChI is InChI=1S/C20H28N6O2S2/c1-12-13(2)29-19(21-12)23-17(27)11-26-7-4-5-14(9-26)18(28)24-20-22-15-6-8-25(3)10-16(15)30-20/h14H,4-11H2,1-3H3,(H,21,23,27)(H,22,24,28). The fourth-order valence-corrected chi connectivity index (χ4v) is 5.81. The van der Waals surface area contributed by atoms with E-state index in [1.165, 1.54) is 16.2 Å². The van der Waals surface area contributed by atoms with Crippen LogP contribution in [-0.2, 0) is 22.6 Å². The SMILES string of the molecule is Cc1nc(NC(=O)CN2CCCC(C(=O)Nc3nc4c(s3)CN(C)CC4)C2)sc1C. The molecule has 2 aromatic rings. The molecule has 1 fully saturated rings.